The van der Waals surface area contributed by atoms with Gasteiger partial charge in [0.1, 0.15) is 11.0 Å². The van der Waals surface area contributed by atoms with E-state index in [0.717, 1.165) is 63.0 Å². The Labute approximate surface area is 236 Å². The van der Waals surface area contributed by atoms with Crippen LogP contribution in [0.1, 0.15) is 93.6 Å². The van der Waals surface area contributed by atoms with Crippen LogP contribution in [0.15, 0.2) is 6.07 Å². The molecular weight excluding hydrogens is 514 g/mol. The number of carboxylic acid groups (broad SMARTS) is 1. The van der Waals surface area contributed by atoms with Crippen LogP contribution in [0.3, 0.4) is 0 Å². The number of hydrogen-bond donors (Lipinski definition) is 2. The minimum atomic E-state index is -1.04. The molecule has 0 atom stereocenters. The molecule has 0 aromatic carbocycles. The molecule has 2 N–H and O–H groups in total. The lowest BCUT2D eigenvalue weighted by atomic mass is 9.82. The van der Waals surface area contributed by atoms with E-state index in [4.69, 9.17) is 4.74 Å². The number of carbonyl (C=O) groups excluding carboxylic acids is 2. The van der Waals surface area contributed by atoms with E-state index in [-0.39, 0.29) is 40.4 Å². The molecule has 0 unspecified atom stereocenters. The third kappa shape index (κ3) is 7.76. The van der Waals surface area contributed by atoms with Crippen molar-refractivity contribution in [1.29, 1.82) is 0 Å². The maximum Gasteiger partial charge on any atom is 0.410 e. The van der Waals surface area contributed by atoms with Crippen molar-refractivity contribution < 1.29 is 24.2 Å². The maximum absolute atomic E-state index is 14.1. The van der Waals surface area contributed by atoms with Gasteiger partial charge in [-0.1, -0.05) is 18.8 Å². The molecule has 2 amide bonds. The summed E-state index contributed by atoms with van der Waals surface area (Å²) in [7, 11) is 0. The monoisotopic (exact) mass is 557 g/mol. The van der Waals surface area contributed by atoms with Crippen LogP contribution in [0.2, 0.25) is 0 Å². The van der Waals surface area contributed by atoms with Gasteiger partial charge in [-0.15, -0.1) is 11.3 Å². The van der Waals surface area contributed by atoms with E-state index in [1.807, 2.05) is 20.8 Å². The Hall–Kier alpha value is -2.57. The highest BCUT2D eigenvalue weighted by Crippen LogP contribution is 2.38. The standard InChI is InChI=1S/C30H43N3O5S/c1-20-5-7-21(8-6-20)27(34)33(25-19-24(9-14-30(2,3)4)39-26(25)28(35)36)22-12-17-32(18-13-22)29(37)38-23-10-15-31-16-11-23/h19-23,31H,5-8,10-13,15-18H2,1-4H3,(H,35,36)/t20-,21-. The third-order valence-electron chi connectivity index (χ3n) is 7.97. The number of amides is 2. The van der Waals surface area contributed by atoms with Crippen molar-refractivity contribution >= 4 is 35.0 Å². The molecule has 39 heavy (non-hydrogen) atoms. The first-order valence-electron chi connectivity index (χ1n) is 14.4. The summed E-state index contributed by atoms with van der Waals surface area (Å²) < 4.78 is 5.75. The van der Waals surface area contributed by atoms with Crippen LogP contribution in [0.25, 0.3) is 0 Å². The molecule has 3 fully saturated rings. The minimum Gasteiger partial charge on any atom is -0.477 e. The minimum absolute atomic E-state index is 0.00765. The zero-order valence-electron chi connectivity index (χ0n) is 23.8. The summed E-state index contributed by atoms with van der Waals surface area (Å²) >= 11 is 1.13. The van der Waals surface area contributed by atoms with Crippen LogP contribution < -0.4 is 10.2 Å². The summed E-state index contributed by atoms with van der Waals surface area (Å²) in [6, 6.07) is 1.60. The molecule has 0 bridgehead atoms. The van der Waals surface area contributed by atoms with E-state index in [9.17, 15) is 19.5 Å². The van der Waals surface area contributed by atoms with Gasteiger partial charge in [-0.2, -0.15) is 0 Å². The Morgan fingerprint density at radius 1 is 1.05 bits per heavy atom. The van der Waals surface area contributed by atoms with Crippen LogP contribution in [0.5, 0.6) is 0 Å². The van der Waals surface area contributed by atoms with E-state index in [1.54, 1.807) is 15.9 Å². The Bertz CT molecular complexity index is 1090. The molecule has 2 aliphatic heterocycles. The van der Waals surface area contributed by atoms with Gasteiger partial charge in [0, 0.05) is 30.5 Å². The number of thiophene rings is 1. The average Bonchev–Trinajstić information content (AvgIpc) is 3.33. The molecule has 3 heterocycles. The van der Waals surface area contributed by atoms with Crippen molar-refractivity contribution in [3.05, 3.63) is 15.8 Å². The van der Waals surface area contributed by atoms with Gasteiger partial charge in [0.2, 0.25) is 5.91 Å². The number of anilines is 1. The summed E-state index contributed by atoms with van der Waals surface area (Å²) in [6.07, 6.45) is 6.10. The second-order valence-corrected chi connectivity index (χ2v) is 13.4. The first-order chi connectivity index (χ1) is 18.5. The van der Waals surface area contributed by atoms with Gasteiger partial charge in [-0.25, -0.2) is 9.59 Å². The Morgan fingerprint density at radius 3 is 2.28 bits per heavy atom. The van der Waals surface area contributed by atoms with Gasteiger partial charge in [0.25, 0.3) is 0 Å². The van der Waals surface area contributed by atoms with Crippen LogP contribution >= 0.6 is 11.3 Å². The Balaban J connectivity index is 1.56. The predicted molar refractivity (Wildman–Crippen MR) is 153 cm³/mol. The van der Waals surface area contributed by atoms with E-state index in [0.29, 0.717) is 42.4 Å². The number of piperidine rings is 2. The van der Waals surface area contributed by atoms with Gasteiger partial charge in [-0.05, 0) is 97.2 Å². The second-order valence-electron chi connectivity index (χ2n) is 12.3. The zero-order valence-corrected chi connectivity index (χ0v) is 24.6. The number of carboxylic acids is 1. The number of hydrogen-bond acceptors (Lipinski definition) is 6. The Kier molecular flexibility index (Phi) is 9.60. The largest absolute Gasteiger partial charge is 0.477 e. The smallest absolute Gasteiger partial charge is 0.410 e. The highest BCUT2D eigenvalue weighted by Gasteiger charge is 2.38. The fraction of sp³-hybridized carbons (Fsp3) is 0.700. The van der Waals surface area contributed by atoms with E-state index < -0.39 is 5.97 Å². The Morgan fingerprint density at radius 2 is 1.69 bits per heavy atom. The third-order valence-corrected chi connectivity index (χ3v) is 9.00. The van der Waals surface area contributed by atoms with Crippen LogP contribution in [-0.2, 0) is 9.53 Å². The summed E-state index contributed by atoms with van der Waals surface area (Å²) in [6.45, 7) is 10.9. The lowest BCUT2D eigenvalue weighted by Gasteiger charge is -2.40. The molecule has 2 saturated heterocycles. The van der Waals surface area contributed by atoms with Gasteiger partial charge in [0.15, 0.2) is 0 Å². The first-order valence-corrected chi connectivity index (χ1v) is 15.2. The average molecular weight is 558 g/mol. The summed E-state index contributed by atoms with van der Waals surface area (Å²) in [5, 5.41) is 13.4. The topological polar surface area (TPSA) is 99.2 Å². The number of carbonyl (C=O) groups is 3. The van der Waals surface area contributed by atoms with Crippen molar-refractivity contribution in [3.8, 4) is 11.8 Å². The number of ether oxygens (including phenoxy) is 1. The van der Waals surface area contributed by atoms with E-state index in [2.05, 4.69) is 24.1 Å². The molecule has 1 aliphatic carbocycles. The summed E-state index contributed by atoms with van der Waals surface area (Å²) in [5.41, 5.74) is 0.224. The number of nitrogens with one attached hydrogen (secondary N) is 1. The van der Waals surface area contributed by atoms with Crippen molar-refractivity contribution in [2.45, 2.75) is 91.2 Å². The number of nitrogens with zero attached hydrogens (tertiary/aromatic N) is 2. The normalized spacial score (nSPS) is 23.0. The van der Waals surface area contributed by atoms with Gasteiger partial charge >= 0.3 is 12.1 Å². The van der Waals surface area contributed by atoms with Crippen LogP contribution in [-0.4, -0.2) is 66.3 Å². The van der Waals surface area contributed by atoms with Crippen molar-refractivity contribution in [2.75, 3.05) is 31.1 Å². The molecule has 1 saturated carbocycles. The first kappa shape index (κ1) is 29.4. The fourth-order valence-electron chi connectivity index (χ4n) is 5.66. The fourth-order valence-corrected chi connectivity index (χ4v) is 6.50. The summed E-state index contributed by atoms with van der Waals surface area (Å²) in [5.74, 6) is 5.77. The molecule has 0 spiro atoms. The van der Waals surface area contributed by atoms with Crippen LogP contribution in [0.4, 0.5) is 10.5 Å². The van der Waals surface area contributed by atoms with Gasteiger partial charge < -0.3 is 25.0 Å². The molecule has 3 aliphatic rings. The molecule has 4 rings (SSSR count). The molecule has 1 aromatic heterocycles. The molecule has 8 nitrogen and oxygen atoms in total. The predicted octanol–water partition coefficient (Wildman–Crippen LogP) is 5.36. The SMILES string of the molecule is CC(C)(C)C#Cc1cc(N(C(=O)[C@H]2CC[C@H](C)CC2)C2CCN(C(=O)OC3CCNCC3)CC2)c(C(=O)O)s1. The van der Waals surface area contributed by atoms with Crippen molar-refractivity contribution in [2.24, 2.45) is 17.3 Å². The number of aromatic carboxylic acids is 1. The molecule has 1 aromatic rings. The zero-order chi connectivity index (χ0) is 28.2. The van der Waals surface area contributed by atoms with Gasteiger partial charge in [-0.3, -0.25) is 4.79 Å². The van der Waals surface area contributed by atoms with Crippen molar-refractivity contribution in [3.63, 3.8) is 0 Å². The lowest BCUT2D eigenvalue weighted by Crippen LogP contribution is -2.51. The highest BCUT2D eigenvalue weighted by molar-refractivity contribution is 7.15. The number of likely N-dealkylation sites (tertiary alicyclic amines) is 1. The molecular formula is C30H43N3O5S. The van der Waals surface area contributed by atoms with E-state index in [1.165, 1.54) is 0 Å². The van der Waals surface area contributed by atoms with Gasteiger partial charge in [0.05, 0.1) is 10.6 Å². The molecule has 0 radical (unpaired) electrons. The summed E-state index contributed by atoms with van der Waals surface area (Å²) in [4.78, 5) is 43.6. The quantitative estimate of drug-likeness (QED) is 0.473. The van der Waals surface area contributed by atoms with Crippen molar-refractivity contribution in [1.82, 2.24) is 10.2 Å². The molecule has 9 heteroatoms. The molecule has 214 valence electrons. The van der Waals surface area contributed by atoms with E-state index >= 15 is 0 Å². The number of rotatable bonds is 5. The maximum atomic E-state index is 14.1. The lowest BCUT2D eigenvalue weighted by molar-refractivity contribution is -0.124. The second kappa shape index (κ2) is 12.7. The highest BCUT2D eigenvalue weighted by atomic mass is 32.1. The van der Waals surface area contributed by atoms with Crippen LogP contribution in [0, 0.1) is 29.1 Å².